The molecule has 3 amide bonds. The Morgan fingerprint density at radius 3 is 2.35 bits per heavy atom. The van der Waals surface area contributed by atoms with Gasteiger partial charge in [0.15, 0.2) is 0 Å². The van der Waals surface area contributed by atoms with Crippen LogP contribution >= 0.6 is 0 Å². The molecule has 26 heavy (non-hydrogen) atoms. The van der Waals surface area contributed by atoms with Crippen molar-refractivity contribution in [3.8, 4) is 0 Å². The molecular weight excluding hydrogens is 354 g/mol. The number of nitrogens with zero attached hydrogens (tertiary/aromatic N) is 1. The van der Waals surface area contributed by atoms with Crippen molar-refractivity contribution in [1.29, 1.82) is 0 Å². The van der Waals surface area contributed by atoms with Gasteiger partial charge in [-0.2, -0.15) is 0 Å². The highest BCUT2D eigenvalue weighted by Gasteiger charge is 2.49. The first kappa shape index (κ1) is 18.1. The summed E-state index contributed by atoms with van der Waals surface area (Å²) < 4.78 is 26.6. The third-order valence-corrected chi connectivity index (χ3v) is 6.09. The smallest absolute Gasteiger partial charge is 0.319 e. The van der Waals surface area contributed by atoms with Gasteiger partial charge < -0.3 is 5.32 Å². The Hall–Kier alpha value is -2.71. The van der Waals surface area contributed by atoms with Crippen molar-refractivity contribution in [1.82, 2.24) is 10.0 Å². The molecule has 0 aromatic heterocycles. The van der Waals surface area contributed by atoms with Crippen molar-refractivity contribution in [3.63, 3.8) is 0 Å². The number of carbonyl (C=O) groups is 2. The van der Waals surface area contributed by atoms with Crippen molar-refractivity contribution >= 4 is 27.6 Å². The average Bonchev–Trinajstić information content (AvgIpc) is 2.86. The quantitative estimate of drug-likeness (QED) is 0.800. The molecule has 136 valence electrons. The number of anilines is 1. The van der Waals surface area contributed by atoms with Gasteiger partial charge in [-0.05, 0) is 44.2 Å². The molecular formula is C18H19N3O4S. The molecule has 0 aliphatic carbocycles. The third-order valence-electron chi connectivity index (χ3n) is 4.53. The molecule has 0 radical (unpaired) electrons. The maximum absolute atomic E-state index is 13.0. The highest BCUT2D eigenvalue weighted by molar-refractivity contribution is 7.89. The van der Waals surface area contributed by atoms with E-state index in [0.717, 1.165) is 4.90 Å². The van der Waals surface area contributed by atoms with E-state index < -0.39 is 27.5 Å². The number of hydrogen-bond acceptors (Lipinski definition) is 4. The Labute approximate surface area is 152 Å². The molecule has 1 fully saturated rings. The van der Waals surface area contributed by atoms with Gasteiger partial charge >= 0.3 is 6.03 Å². The fourth-order valence-corrected chi connectivity index (χ4v) is 3.96. The molecule has 0 spiro atoms. The van der Waals surface area contributed by atoms with Crippen molar-refractivity contribution < 1.29 is 18.0 Å². The molecule has 1 heterocycles. The predicted molar refractivity (Wildman–Crippen MR) is 97.2 cm³/mol. The Balaban J connectivity index is 2.07. The predicted octanol–water partition coefficient (Wildman–Crippen LogP) is 1.87. The summed E-state index contributed by atoms with van der Waals surface area (Å²) in [7, 11) is -2.41. The molecule has 3 rings (SSSR count). The molecule has 2 aromatic rings. The van der Waals surface area contributed by atoms with E-state index in [9.17, 15) is 18.0 Å². The van der Waals surface area contributed by atoms with Crippen LogP contribution in [0.4, 0.5) is 10.5 Å². The van der Waals surface area contributed by atoms with Crippen LogP contribution in [-0.2, 0) is 20.4 Å². The summed E-state index contributed by atoms with van der Waals surface area (Å²) in [5.41, 5.74) is 0.147. The second-order valence-electron chi connectivity index (χ2n) is 6.22. The molecule has 2 N–H and O–H groups in total. The second-order valence-corrected chi connectivity index (χ2v) is 8.07. The summed E-state index contributed by atoms with van der Waals surface area (Å²) in [6.45, 7) is 3.27. The number of hydrogen-bond donors (Lipinski definition) is 2. The molecule has 0 bridgehead atoms. The number of aryl methyl sites for hydroxylation is 1. The number of benzene rings is 2. The molecule has 2 aromatic carbocycles. The van der Waals surface area contributed by atoms with E-state index in [0.29, 0.717) is 11.1 Å². The summed E-state index contributed by atoms with van der Waals surface area (Å²) in [6.07, 6.45) is 0. The van der Waals surface area contributed by atoms with Gasteiger partial charge in [0.05, 0.1) is 10.6 Å². The van der Waals surface area contributed by atoms with Crippen LogP contribution in [0.15, 0.2) is 53.4 Å². The minimum absolute atomic E-state index is 0.0198. The Bertz CT molecular complexity index is 989. The van der Waals surface area contributed by atoms with Crippen LogP contribution in [0, 0.1) is 6.92 Å². The first-order valence-electron chi connectivity index (χ1n) is 7.97. The van der Waals surface area contributed by atoms with E-state index in [-0.39, 0.29) is 10.6 Å². The summed E-state index contributed by atoms with van der Waals surface area (Å²) in [5.74, 6) is -0.467. The molecule has 7 nitrogen and oxygen atoms in total. The molecule has 1 atom stereocenters. The molecule has 8 heteroatoms. The number of imide groups is 1. The van der Waals surface area contributed by atoms with Gasteiger partial charge in [-0.3, -0.25) is 4.79 Å². The maximum atomic E-state index is 13.0. The Kier molecular flexibility index (Phi) is 4.33. The van der Waals surface area contributed by atoms with Crippen LogP contribution in [0.5, 0.6) is 0 Å². The highest BCUT2D eigenvalue weighted by atomic mass is 32.2. The van der Waals surface area contributed by atoms with Gasteiger partial charge in [-0.15, -0.1) is 0 Å². The Morgan fingerprint density at radius 1 is 1.08 bits per heavy atom. The molecule has 1 unspecified atom stereocenters. The van der Waals surface area contributed by atoms with Crippen molar-refractivity contribution in [2.75, 3.05) is 11.9 Å². The van der Waals surface area contributed by atoms with Crippen LogP contribution in [-0.4, -0.2) is 27.4 Å². The fourth-order valence-electron chi connectivity index (χ4n) is 2.97. The fraction of sp³-hybridized carbons (Fsp3) is 0.222. The van der Waals surface area contributed by atoms with Gasteiger partial charge in [0.25, 0.3) is 5.91 Å². The lowest BCUT2D eigenvalue weighted by atomic mass is 9.92. The second kappa shape index (κ2) is 6.22. The van der Waals surface area contributed by atoms with E-state index >= 15 is 0 Å². The summed E-state index contributed by atoms with van der Waals surface area (Å²) >= 11 is 0. The number of rotatable bonds is 4. The average molecular weight is 373 g/mol. The lowest BCUT2D eigenvalue weighted by molar-refractivity contribution is -0.121. The van der Waals surface area contributed by atoms with Gasteiger partial charge in [-0.25, -0.2) is 22.8 Å². The van der Waals surface area contributed by atoms with Crippen molar-refractivity contribution in [3.05, 3.63) is 59.7 Å². The van der Waals surface area contributed by atoms with Crippen molar-refractivity contribution in [2.24, 2.45) is 0 Å². The number of nitrogens with one attached hydrogen (secondary N) is 2. The van der Waals surface area contributed by atoms with Gasteiger partial charge in [0, 0.05) is 0 Å². The number of urea groups is 1. The van der Waals surface area contributed by atoms with E-state index in [1.165, 1.54) is 13.1 Å². The minimum Gasteiger partial charge on any atom is -0.319 e. The van der Waals surface area contributed by atoms with Crippen LogP contribution in [0.25, 0.3) is 0 Å². The first-order chi connectivity index (χ1) is 12.2. The van der Waals surface area contributed by atoms with Gasteiger partial charge in [-0.1, -0.05) is 36.4 Å². The van der Waals surface area contributed by atoms with E-state index in [2.05, 4.69) is 10.0 Å². The Morgan fingerprint density at radius 2 is 1.73 bits per heavy atom. The molecule has 0 saturated carbocycles. The van der Waals surface area contributed by atoms with E-state index in [1.807, 2.05) is 6.07 Å². The van der Waals surface area contributed by atoms with Crippen LogP contribution in [0.1, 0.15) is 18.1 Å². The van der Waals surface area contributed by atoms with Crippen molar-refractivity contribution in [2.45, 2.75) is 24.3 Å². The zero-order chi connectivity index (χ0) is 19.1. The monoisotopic (exact) mass is 373 g/mol. The number of sulfonamides is 1. The first-order valence-corrected chi connectivity index (χ1v) is 9.45. The maximum Gasteiger partial charge on any atom is 0.329 e. The largest absolute Gasteiger partial charge is 0.329 e. The lowest BCUT2D eigenvalue weighted by Crippen LogP contribution is -2.40. The molecule has 1 aliphatic rings. The molecule has 1 saturated heterocycles. The topological polar surface area (TPSA) is 95.6 Å². The van der Waals surface area contributed by atoms with Crippen LogP contribution in [0.2, 0.25) is 0 Å². The lowest BCUT2D eigenvalue weighted by Gasteiger charge is -2.22. The zero-order valence-electron chi connectivity index (χ0n) is 14.6. The van der Waals surface area contributed by atoms with Crippen LogP contribution in [0.3, 0.4) is 0 Å². The third kappa shape index (κ3) is 2.77. The van der Waals surface area contributed by atoms with E-state index in [1.54, 1.807) is 50.2 Å². The molecule has 1 aliphatic heterocycles. The van der Waals surface area contributed by atoms with E-state index in [4.69, 9.17) is 0 Å². The van der Waals surface area contributed by atoms with Gasteiger partial charge in [0.2, 0.25) is 10.0 Å². The normalized spacial score (nSPS) is 20.3. The highest BCUT2D eigenvalue weighted by Crippen LogP contribution is 2.33. The summed E-state index contributed by atoms with van der Waals surface area (Å²) in [5, 5.41) is 2.70. The SMILES string of the molecule is CNS(=O)(=O)c1cc(N2C(=O)NC(C)(c3ccccc3)C2=O)ccc1C. The summed E-state index contributed by atoms with van der Waals surface area (Å²) in [4.78, 5) is 26.5. The minimum atomic E-state index is -3.72. The van der Waals surface area contributed by atoms with Gasteiger partial charge in [0.1, 0.15) is 5.54 Å². The standard InChI is InChI=1S/C18H19N3O4S/c1-12-9-10-14(11-15(12)26(24,25)19-3)21-16(22)18(2,20-17(21)23)13-7-5-4-6-8-13/h4-11,19H,1-3H3,(H,20,23). The number of amides is 3. The number of carbonyl (C=O) groups excluding carboxylic acids is 2. The zero-order valence-corrected chi connectivity index (χ0v) is 15.4. The van der Waals surface area contributed by atoms with Crippen LogP contribution < -0.4 is 14.9 Å². The summed E-state index contributed by atoms with van der Waals surface area (Å²) in [6, 6.07) is 12.8.